The molecule has 0 aliphatic rings. The number of aromatic nitrogens is 1. The highest BCUT2D eigenvalue weighted by molar-refractivity contribution is 6.42. The van der Waals surface area contributed by atoms with E-state index in [9.17, 15) is 14.0 Å². The molecule has 100 valence electrons. The fraction of sp³-hybridized carbons (Fsp3) is 0.538. The van der Waals surface area contributed by atoms with Gasteiger partial charge in [-0.25, -0.2) is 0 Å². The summed E-state index contributed by atoms with van der Waals surface area (Å²) in [6, 6.07) is 1.43. The van der Waals surface area contributed by atoms with Gasteiger partial charge in [-0.1, -0.05) is 6.92 Å². The van der Waals surface area contributed by atoms with Crippen molar-refractivity contribution in [2.45, 2.75) is 39.7 Å². The van der Waals surface area contributed by atoms with Gasteiger partial charge in [-0.3, -0.25) is 9.59 Å². The second-order valence-electron chi connectivity index (χ2n) is 5.29. The molecule has 0 atom stereocenters. The van der Waals surface area contributed by atoms with Gasteiger partial charge in [-0.2, -0.15) is 4.39 Å². The van der Waals surface area contributed by atoms with Crippen molar-refractivity contribution < 1.29 is 14.0 Å². The molecule has 0 aliphatic heterocycles. The summed E-state index contributed by atoms with van der Waals surface area (Å²) in [5.41, 5.74) is 0.0137. The van der Waals surface area contributed by atoms with E-state index in [-0.39, 0.29) is 5.69 Å². The van der Waals surface area contributed by atoms with Crippen LogP contribution in [0.3, 0.4) is 0 Å². The maximum absolute atomic E-state index is 13.7. The first-order valence-electron chi connectivity index (χ1n) is 5.88. The molecule has 1 amide bonds. The molecular formula is C13H19FN2O2. The summed E-state index contributed by atoms with van der Waals surface area (Å²) in [4.78, 5) is 23.6. The Labute approximate surface area is 106 Å². The van der Waals surface area contributed by atoms with Crippen LogP contribution in [0.5, 0.6) is 0 Å². The van der Waals surface area contributed by atoms with Crippen molar-refractivity contribution in [1.82, 2.24) is 9.88 Å². The smallest absolute Gasteiger partial charge is 0.294 e. The number of carbonyl (C=O) groups excluding carboxylic acids is 2. The van der Waals surface area contributed by atoms with Crippen LogP contribution in [0.4, 0.5) is 4.39 Å². The molecule has 1 heterocycles. The lowest BCUT2D eigenvalue weighted by atomic mass is 10.1. The Balaban J connectivity index is 3.01. The highest BCUT2D eigenvalue weighted by Crippen LogP contribution is 2.15. The fourth-order valence-corrected chi connectivity index (χ4v) is 1.62. The Kier molecular flexibility index (Phi) is 3.94. The van der Waals surface area contributed by atoms with Crippen LogP contribution in [0.1, 0.15) is 43.7 Å². The van der Waals surface area contributed by atoms with Crippen LogP contribution in [0.15, 0.2) is 6.07 Å². The third kappa shape index (κ3) is 2.97. The SMILES string of the molecule is CCc1cc(C(=O)C(=O)NC(C)(C)C)n(C)c1F. The van der Waals surface area contributed by atoms with Crippen LogP contribution in [0.2, 0.25) is 0 Å². The van der Waals surface area contributed by atoms with Gasteiger partial charge in [-0.15, -0.1) is 0 Å². The molecule has 18 heavy (non-hydrogen) atoms. The predicted octanol–water partition coefficient (Wildman–Crippen LogP) is 1.82. The fourth-order valence-electron chi connectivity index (χ4n) is 1.62. The second kappa shape index (κ2) is 4.92. The predicted molar refractivity (Wildman–Crippen MR) is 67.0 cm³/mol. The maximum Gasteiger partial charge on any atom is 0.294 e. The van der Waals surface area contributed by atoms with Crippen molar-refractivity contribution in [1.29, 1.82) is 0 Å². The number of aryl methyl sites for hydroxylation is 1. The number of halogens is 1. The molecule has 0 saturated carbocycles. The standard InChI is InChI=1S/C13H19FN2O2/c1-6-8-7-9(16(5)11(8)14)10(17)12(18)15-13(2,3)4/h7H,6H2,1-5H3,(H,15,18). The minimum absolute atomic E-state index is 0.0751. The van der Waals surface area contributed by atoms with E-state index in [0.717, 1.165) is 4.57 Å². The van der Waals surface area contributed by atoms with E-state index in [4.69, 9.17) is 0 Å². The van der Waals surface area contributed by atoms with Gasteiger partial charge in [0.2, 0.25) is 0 Å². The van der Waals surface area contributed by atoms with E-state index in [1.807, 2.05) is 0 Å². The molecule has 0 aromatic carbocycles. The Morgan fingerprint density at radius 2 is 1.94 bits per heavy atom. The largest absolute Gasteiger partial charge is 0.345 e. The molecule has 0 radical (unpaired) electrons. The monoisotopic (exact) mass is 254 g/mol. The molecule has 0 saturated heterocycles. The van der Waals surface area contributed by atoms with E-state index >= 15 is 0 Å². The van der Waals surface area contributed by atoms with Crippen molar-refractivity contribution in [3.05, 3.63) is 23.3 Å². The Hall–Kier alpha value is -1.65. The van der Waals surface area contributed by atoms with Crippen LogP contribution in [-0.4, -0.2) is 21.8 Å². The van der Waals surface area contributed by atoms with Crippen LogP contribution in [0, 0.1) is 5.95 Å². The summed E-state index contributed by atoms with van der Waals surface area (Å²) >= 11 is 0. The lowest BCUT2D eigenvalue weighted by Gasteiger charge is -2.19. The molecule has 1 aromatic rings. The molecule has 1 aromatic heterocycles. The van der Waals surface area contributed by atoms with E-state index in [2.05, 4.69) is 5.32 Å². The first kappa shape index (κ1) is 14.4. The van der Waals surface area contributed by atoms with E-state index in [1.54, 1.807) is 27.7 Å². The molecular weight excluding hydrogens is 235 g/mol. The lowest BCUT2D eigenvalue weighted by Crippen LogP contribution is -2.44. The van der Waals surface area contributed by atoms with Crippen LogP contribution in [0.25, 0.3) is 0 Å². The second-order valence-corrected chi connectivity index (χ2v) is 5.29. The van der Waals surface area contributed by atoms with Crippen LogP contribution >= 0.6 is 0 Å². The van der Waals surface area contributed by atoms with Crippen molar-refractivity contribution >= 4 is 11.7 Å². The van der Waals surface area contributed by atoms with Crippen molar-refractivity contribution in [3.63, 3.8) is 0 Å². The third-order valence-corrected chi connectivity index (χ3v) is 2.54. The summed E-state index contributed by atoms with van der Waals surface area (Å²) in [6.07, 6.45) is 0.480. The number of nitrogens with one attached hydrogen (secondary N) is 1. The molecule has 1 N–H and O–H groups in total. The quantitative estimate of drug-likeness (QED) is 0.661. The summed E-state index contributed by atoms with van der Waals surface area (Å²) < 4.78 is 14.8. The van der Waals surface area contributed by atoms with E-state index in [1.165, 1.54) is 13.1 Å². The average molecular weight is 254 g/mol. The molecule has 0 unspecified atom stereocenters. The van der Waals surface area contributed by atoms with Gasteiger partial charge in [0.1, 0.15) is 0 Å². The van der Waals surface area contributed by atoms with Crippen molar-refractivity contribution in [2.75, 3.05) is 0 Å². The number of nitrogens with zero attached hydrogens (tertiary/aromatic N) is 1. The number of carbonyl (C=O) groups is 2. The van der Waals surface area contributed by atoms with E-state index in [0.29, 0.717) is 12.0 Å². The number of hydrogen-bond donors (Lipinski definition) is 1. The Morgan fingerprint density at radius 3 is 2.33 bits per heavy atom. The minimum Gasteiger partial charge on any atom is -0.345 e. The molecule has 5 heteroatoms. The highest BCUT2D eigenvalue weighted by atomic mass is 19.1. The summed E-state index contributed by atoms with van der Waals surface area (Å²) in [7, 11) is 1.44. The molecule has 0 aliphatic carbocycles. The lowest BCUT2D eigenvalue weighted by molar-refractivity contribution is -0.118. The topological polar surface area (TPSA) is 51.1 Å². The van der Waals surface area contributed by atoms with Gasteiger partial charge in [0.15, 0.2) is 5.95 Å². The number of Topliss-reactive ketones (excluding diaryl/α,β-unsaturated/α-hetero) is 1. The van der Waals surface area contributed by atoms with Crippen LogP contribution < -0.4 is 5.32 Å². The van der Waals surface area contributed by atoms with Gasteiger partial charge in [0.05, 0.1) is 5.69 Å². The Bertz CT molecular complexity index is 484. The molecule has 0 fully saturated rings. The summed E-state index contributed by atoms with van der Waals surface area (Å²) in [5.74, 6) is -1.90. The van der Waals surface area contributed by atoms with E-state index < -0.39 is 23.2 Å². The zero-order valence-electron chi connectivity index (χ0n) is 11.4. The van der Waals surface area contributed by atoms with Gasteiger partial charge in [-0.05, 0) is 33.3 Å². The third-order valence-electron chi connectivity index (χ3n) is 2.54. The van der Waals surface area contributed by atoms with Gasteiger partial charge >= 0.3 is 0 Å². The number of ketones is 1. The molecule has 0 spiro atoms. The molecule has 1 rings (SSSR count). The van der Waals surface area contributed by atoms with Gasteiger partial charge in [0.25, 0.3) is 11.7 Å². The molecule has 0 bridgehead atoms. The van der Waals surface area contributed by atoms with Gasteiger partial charge < -0.3 is 9.88 Å². The number of amides is 1. The zero-order chi connectivity index (χ0) is 14.1. The first-order chi connectivity index (χ1) is 8.17. The Morgan fingerprint density at radius 1 is 1.39 bits per heavy atom. The van der Waals surface area contributed by atoms with Gasteiger partial charge in [0, 0.05) is 18.2 Å². The molecule has 4 nitrogen and oxygen atoms in total. The van der Waals surface area contributed by atoms with Crippen LogP contribution in [-0.2, 0) is 18.3 Å². The van der Waals surface area contributed by atoms with Crippen molar-refractivity contribution in [3.8, 4) is 0 Å². The first-order valence-corrected chi connectivity index (χ1v) is 5.88. The maximum atomic E-state index is 13.7. The highest BCUT2D eigenvalue weighted by Gasteiger charge is 2.25. The number of hydrogen-bond acceptors (Lipinski definition) is 2. The van der Waals surface area contributed by atoms with Crippen molar-refractivity contribution in [2.24, 2.45) is 7.05 Å². The minimum atomic E-state index is -0.717. The average Bonchev–Trinajstić information content (AvgIpc) is 2.52. The summed E-state index contributed by atoms with van der Waals surface area (Å²) in [5, 5.41) is 2.57. The summed E-state index contributed by atoms with van der Waals surface area (Å²) in [6.45, 7) is 7.13. The normalized spacial score (nSPS) is 11.4. The number of rotatable bonds is 3. The zero-order valence-corrected chi connectivity index (χ0v) is 11.4.